The monoisotopic (exact) mass is 286 g/mol. The van der Waals surface area contributed by atoms with Crippen LogP contribution in [0.25, 0.3) is 0 Å². The van der Waals surface area contributed by atoms with E-state index in [1.807, 2.05) is 24.3 Å². The summed E-state index contributed by atoms with van der Waals surface area (Å²) in [7, 11) is 0. The molecule has 4 heteroatoms. The number of carbonyl (C=O) groups is 2. The van der Waals surface area contributed by atoms with Crippen molar-refractivity contribution in [2.45, 2.75) is 38.5 Å². The molecular weight excluding hydrogens is 264 g/mol. The Morgan fingerprint density at radius 3 is 2.76 bits per heavy atom. The van der Waals surface area contributed by atoms with Gasteiger partial charge in [-0.05, 0) is 43.4 Å². The summed E-state index contributed by atoms with van der Waals surface area (Å²) in [5.41, 5.74) is 1.48. The van der Waals surface area contributed by atoms with Gasteiger partial charge in [0.2, 0.25) is 5.91 Å². The van der Waals surface area contributed by atoms with E-state index in [2.05, 4.69) is 5.32 Å². The summed E-state index contributed by atoms with van der Waals surface area (Å²) in [5.74, 6) is 0.756. The molecule has 1 aliphatic carbocycles. The third kappa shape index (κ3) is 3.26. The number of rotatable bonds is 4. The summed E-state index contributed by atoms with van der Waals surface area (Å²) < 4.78 is 0. The minimum Gasteiger partial charge on any atom is -0.352 e. The molecule has 112 valence electrons. The van der Waals surface area contributed by atoms with Gasteiger partial charge in [-0.25, -0.2) is 0 Å². The Morgan fingerprint density at radius 2 is 2.05 bits per heavy atom. The van der Waals surface area contributed by atoms with E-state index in [0.717, 1.165) is 25.2 Å². The smallest absolute Gasteiger partial charge is 0.251 e. The van der Waals surface area contributed by atoms with Gasteiger partial charge in [0.1, 0.15) is 0 Å². The largest absolute Gasteiger partial charge is 0.352 e. The molecular formula is C17H22N2O2. The molecule has 0 bridgehead atoms. The van der Waals surface area contributed by atoms with E-state index in [4.69, 9.17) is 0 Å². The molecule has 2 fully saturated rings. The summed E-state index contributed by atoms with van der Waals surface area (Å²) >= 11 is 0. The number of nitrogens with one attached hydrogen (secondary N) is 1. The Labute approximate surface area is 125 Å². The van der Waals surface area contributed by atoms with Gasteiger partial charge in [0.15, 0.2) is 0 Å². The van der Waals surface area contributed by atoms with E-state index in [-0.39, 0.29) is 11.8 Å². The average molecular weight is 286 g/mol. The van der Waals surface area contributed by atoms with Gasteiger partial charge in [0.25, 0.3) is 5.91 Å². The zero-order valence-corrected chi connectivity index (χ0v) is 12.3. The first kappa shape index (κ1) is 14.1. The van der Waals surface area contributed by atoms with Crippen LogP contribution in [0.15, 0.2) is 24.3 Å². The van der Waals surface area contributed by atoms with Crippen LogP contribution in [0.5, 0.6) is 0 Å². The predicted octanol–water partition coefficient (Wildman–Crippen LogP) is 2.73. The molecule has 1 saturated heterocycles. The fourth-order valence-electron chi connectivity index (χ4n) is 3.29. The molecule has 1 saturated carbocycles. The molecule has 1 aromatic rings. The quantitative estimate of drug-likeness (QED) is 0.925. The van der Waals surface area contributed by atoms with Crippen molar-refractivity contribution in [3.05, 3.63) is 29.8 Å². The van der Waals surface area contributed by atoms with E-state index in [0.29, 0.717) is 17.9 Å². The van der Waals surface area contributed by atoms with Crippen molar-refractivity contribution >= 4 is 17.5 Å². The van der Waals surface area contributed by atoms with Crippen LogP contribution in [0.3, 0.4) is 0 Å². The fraction of sp³-hybridized carbons (Fsp3) is 0.529. The molecule has 0 atom stereocenters. The van der Waals surface area contributed by atoms with Gasteiger partial charge in [0.05, 0.1) is 0 Å². The van der Waals surface area contributed by atoms with Gasteiger partial charge in [-0.3, -0.25) is 9.59 Å². The predicted molar refractivity (Wildman–Crippen MR) is 82.3 cm³/mol. The lowest BCUT2D eigenvalue weighted by Gasteiger charge is -2.17. The van der Waals surface area contributed by atoms with Crippen molar-refractivity contribution in [1.82, 2.24) is 5.32 Å². The van der Waals surface area contributed by atoms with Crippen LogP contribution < -0.4 is 10.2 Å². The number of hydrogen-bond donors (Lipinski definition) is 1. The molecule has 4 nitrogen and oxygen atoms in total. The van der Waals surface area contributed by atoms with Crippen LogP contribution in [0.2, 0.25) is 0 Å². The molecule has 21 heavy (non-hydrogen) atoms. The molecule has 3 rings (SSSR count). The highest BCUT2D eigenvalue weighted by atomic mass is 16.2. The van der Waals surface area contributed by atoms with Crippen molar-refractivity contribution in [2.24, 2.45) is 5.92 Å². The van der Waals surface area contributed by atoms with Crippen LogP contribution in [0, 0.1) is 5.92 Å². The molecule has 0 aromatic heterocycles. The Kier molecular flexibility index (Phi) is 4.23. The van der Waals surface area contributed by atoms with Crippen molar-refractivity contribution in [3.63, 3.8) is 0 Å². The SMILES string of the molecule is O=C(NCC1CCCC1)c1cccc(N2CCCC2=O)c1. The average Bonchev–Trinajstić information content (AvgIpc) is 3.16. The summed E-state index contributed by atoms with van der Waals surface area (Å²) in [6, 6.07) is 7.39. The first-order valence-corrected chi connectivity index (χ1v) is 7.92. The Hall–Kier alpha value is -1.84. The Morgan fingerprint density at radius 1 is 1.24 bits per heavy atom. The van der Waals surface area contributed by atoms with Gasteiger partial charge in [-0.15, -0.1) is 0 Å². The third-order valence-corrected chi connectivity index (χ3v) is 4.52. The lowest BCUT2D eigenvalue weighted by atomic mass is 10.1. The number of anilines is 1. The fourth-order valence-corrected chi connectivity index (χ4v) is 3.29. The minimum absolute atomic E-state index is 0.0320. The Bertz CT molecular complexity index is 535. The maximum atomic E-state index is 12.2. The number of benzene rings is 1. The number of hydrogen-bond acceptors (Lipinski definition) is 2. The van der Waals surface area contributed by atoms with E-state index in [1.54, 1.807) is 4.90 Å². The summed E-state index contributed by atoms with van der Waals surface area (Å²) in [4.78, 5) is 25.8. The third-order valence-electron chi connectivity index (χ3n) is 4.52. The van der Waals surface area contributed by atoms with Crippen molar-refractivity contribution in [3.8, 4) is 0 Å². The van der Waals surface area contributed by atoms with Gasteiger partial charge in [-0.2, -0.15) is 0 Å². The van der Waals surface area contributed by atoms with Crippen LogP contribution in [0.1, 0.15) is 48.9 Å². The topological polar surface area (TPSA) is 49.4 Å². The summed E-state index contributed by atoms with van der Waals surface area (Å²) in [5, 5.41) is 3.03. The van der Waals surface area contributed by atoms with E-state index >= 15 is 0 Å². The van der Waals surface area contributed by atoms with Crippen molar-refractivity contribution in [1.29, 1.82) is 0 Å². The molecule has 2 amide bonds. The molecule has 1 aliphatic heterocycles. The molecule has 2 aliphatic rings. The van der Waals surface area contributed by atoms with Gasteiger partial charge in [0, 0.05) is 30.8 Å². The van der Waals surface area contributed by atoms with Gasteiger partial charge < -0.3 is 10.2 Å². The minimum atomic E-state index is -0.0320. The maximum absolute atomic E-state index is 12.2. The van der Waals surface area contributed by atoms with Gasteiger partial charge >= 0.3 is 0 Å². The molecule has 0 spiro atoms. The highest BCUT2D eigenvalue weighted by Crippen LogP contribution is 2.24. The number of nitrogens with zero attached hydrogens (tertiary/aromatic N) is 1. The number of carbonyl (C=O) groups excluding carboxylic acids is 2. The van der Waals surface area contributed by atoms with E-state index in [1.165, 1.54) is 25.7 Å². The van der Waals surface area contributed by atoms with Crippen LogP contribution >= 0.6 is 0 Å². The van der Waals surface area contributed by atoms with E-state index in [9.17, 15) is 9.59 Å². The maximum Gasteiger partial charge on any atom is 0.251 e. The zero-order valence-electron chi connectivity index (χ0n) is 12.3. The first-order chi connectivity index (χ1) is 10.2. The number of amides is 2. The molecule has 1 N–H and O–H groups in total. The first-order valence-electron chi connectivity index (χ1n) is 7.92. The second-order valence-corrected chi connectivity index (χ2v) is 6.06. The molecule has 0 unspecified atom stereocenters. The highest BCUT2D eigenvalue weighted by Gasteiger charge is 2.22. The zero-order chi connectivity index (χ0) is 14.7. The van der Waals surface area contributed by atoms with Crippen LogP contribution in [0.4, 0.5) is 5.69 Å². The van der Waals surface area contributed by atoms with Crippen molar-refractivity contribution in [2.75, 3.05) is 18.0 Å². The Balaban J connectivity index is 1.64. The lowest BCUT2D eigenvalue weighted by molar-refractivity contribution is -0.117. The normalized spacial score (nSPS) is 19.2. The van der Waals surface area contributed by atoms with Crippen LogP contribution in [-0.2, 0) is 4.79 Å². The molecule has 1 aromatic carbocycles. The lowest BCUT2D eigenvalue weighted by Crippen LogP contribution is -2.29. The molecule has 0 radical (unpaired) electrons. The molecule has 1 heterocycles. The highest BCUT2D eigenvalue weighted by molar-refractivity contribution is 5.99. The van der Waals surface area contributed by atoms with E-state index < -0.39 is 0 Å². The van der Waals surface area contributed by atoms with Gasteiger partial charge in [-0.1, -0.05) is 18.9 Å². The summed E-state index contributed by atoms with van der Waals surface area (Å²) in [6.07, 6.45) is 6.53. The summed E-state index contributed by atoms with van der Waals surface area (Å²) in [6.45, 7) is 1.53. The van der Waals surface area contributed by atoms with Crippen LogP contribution in [-0.4, -0.2) is 24.9 Å². The second-order valence-electron chi connectivity index (χ2n) is 6.06. The second kappa shape index (κ2) is 6.29. The standard InChI is InChI=1S/C17H22N2O2/c20-16-9-4-10-19(16)15-8-3-7-14(11-15)17(21)18-12-13-5-1-2-6-13/h3,7-8,11,13H,1-2,4-6,9-10,12H2,(H,18,21). The van der Waals surface area contributed by atoms with Crippen molar-refractivity contribution < 1.29 is 9.59 Å².